The summed E-state index contributed by atoms with van der Waals surface area (Å²) in [7, 11) is 1.71. The Morgan fingerprint density at radius 1 is 1.30 bits per heavy atom. The Balaban J connectivity index is 1.71. The van der Waals surface area contributed by atoms with Gasteiger partial charge in [0.05, 0.1) is 18.3 Å². The van der Waals surface area contributed by atoms with E-state index >= 15 is 0 Å². The molecule has 1 saturated carbocycles. The number of carbonyl (C=O) groups is 2. The van der Waals surface area contributed by atoms with Gasteiger partial charge in [-0.15, -0.1) is 0 Å². The lowest BCUT2D eigenvalue weighted by Gasteiger charge is -2.38. The fourth-order valence-corrected chi connectivity index (χ4v) is 3.57. The molecular formula is C20H29F3N4O3. The van der Waals surface area contributed by atoms with Gasteiger partial charge >= 0.3 is 6.18 Å². The van der Waals surface area contributed by atoms with E-state index in [1.807, 2.05) is 5.32 Å². The SMILES string of the molecule is CN(CCC1(C)CCC(NCC(=O)NCC(F)(F)F)CC1)C(=O)c1cncc(O)c1. The molecule has 10 heteroatoms. The third kappa shape index (κ3) is 7.81. The number of nitrogens with one attached hydrogen (secondary N) is 2. The standard InChI is InChI=1S/C20H29F3N4O3/c1-19(7-8-27(2)18(30)14-9-16(28)11-24-10-14)5-3-15(4-6-19)25-12-17(29)26-13-20(21,22)23/h9-11,15,25,28H,3-8,12-13H2,1-2H3,(H,26,29). The van der Waals surface area contributed by atoms with Gasteiger partial charge in [-0.2, -0.15) is 13.2 Å². The summed E-state index contributed by atoms with van der Waals surface area (Å²) in [6, 6.07) is 1.47. The van der Waals surface area contributed by atoms with Crippen LogP contribution in [0.15, 0.2) is 18.5 Å². The molecule has 0 unspecified atom stereocenters. The van der Waals surface area contributed by atoms with Crippen LogP contribution in [0.4, 0.5) is 13.2 Å². The van der Waals surface area contributed by atoms with Crippen LogP contribution in [0.3, 0.4) is 0 Å². The molecule has 2 amide bonds. The molecule has 2 rings (SSSR count). The Bertz CT molecular complexity index is 734. The van der Waals surface area contributed by atoms with Crippen molar-refractivity contribution in [2.45, 2.75) is 51.2 Å². The highest BCUT2D eigenvalue weighted by Crippen LogP contribution is 2.39. The van der Waals surface area contributed by atoms with E-state index in [4.69, 9.17) is 0 Å². The van der Waals surface area contributed by atoms with Crippen molar-refractivity contribution in [2.75, 3.05) is 26.7 Å². The average molecular weight is 430 g/mol. The number of aromatic nitrogens is 1. The van der Waals surface area contributed by atoms with E-state index in [-0.39, 0.29) is 29.7 Å². The highest BCUT2D eigenvalue weighted by atomic mass is 19.4. The summed E-state index contributed by atoms with van der Waals surface area (Å²) in [5.41, 5.74) is 0.377. The van der Waals surface area contributed by atoms with Crippen LogP contribution in [0, 0.1) is 5.41 Å². The molecule has 0 spiro atoms. The Morgan fingerprint density at radius 3 is 2.57 bits per heavy atom. The van der Waals surface area contributed by atoms with Crippen LogP contribution >= 0.6 is 0 Å². The fourth-order valence-electron chi connectivity index (χ4n) is 3.57. The van der Waals surface area contributed by atoms with Gasteiger partial charge in [-0.25, -0.2) is 0 Å². The summed E-state index contributed by atoms with van der Waals surface area (Å²) in [5, 5.41) is 14.4. The summed E-state index contributed by atoms with van der Waals surface area (Å²) >= 11 is 0. The molecule has 1 fully saturated rings. The Morgan fingerprint density at radius 2 is 1.97 bits per heavy atom. The van der Waals surface area contributed by atoms with Crippen molar-refractivity contribution in [3.63, 3.8) is 0 Å². The topological polar surface area (TPSA) is 94.6 Å². The van der Waals surface area contributed by atoms with Crippen molar-refractivity contribution >= 4 is 11.8 Å². The molecule has 0 atom stereocenters. The summed E-state index contributed by atoms with van der Waals surface area (Å²) in [5.74, 6) is -0.927. The number of nitrogens with zero attached hydrogens (tertiary/aromatic N) is 2. The number of carbonyl (C=O) groups excluding carboxylic acids is 2. The second kappa shape index (κ2) is 10.1. The first kappa shape index (κ1) is 23.9. The molecule has 1 heterocycles. The van der Waals surface area contributed by atoms with E-state index in [0.29, 0.717) is 12.1 Å². The first-order chi connectivity index (χ1) is 14.0. The Hall–Kier alpha value is -2.36. The smallest absolute Gasteiger partial charge is 0.405 e. The highest BCUT2D eigenvalue weighted by Gasteiger charge is 2.32. The normalized spacial score (nSPS) is 21.8. The average Bonchev–Trinajstić information content (AvgIpc) is 2.69. The summed E-state index contributed by atoms with van der Waals surface area (Å²) in [6.45, 7) is 1.27. The number of halogens is 3. The van der Waals surface area contributed by atoms with Crippen LogP contribution in [-0.2, 0) is 4.79 Å². The van der Waals surface area contributed by atoms with Gasteiger partial charge in [-0.05, 0) is 43.6 Å². The van der Waals surface area contributed by atoms with E-state index in [1.165, 1.54) is 18.5 Å². The molecule has 0 saturated heterocycles. The maximum Gasteiger partial charge on any atom is 0.405 e. The third-order valence-corrected chi connectivity index (χ3v) is 5.60. The molecule has 7 nitrogen and oxygen atoms in total. The van der Waals surface area contributed by atoms with Crippen molar-refractivity contribution in [3.8, 4) is 5.75 Å². The number of aromatic hydroxyl groups is 1. The van der Waals surface area contributed by atoms with Gasteiger partial charge in [0.1, 0.15) is 12.3 Å². The first-order valence-corrected chi connectivity index (χ1v) is 9.94. The summed E-state index contributed by atoms with van der Waals surface area (Å²) in [6.07, 6.45) is 2.50. The minimum atomic E-state index is -4.41. The molecule has 1 aliphatic carbocycles. The summed E-state index contributed by atoms with van der Waals surface area (Å²) in [4.78, 5) is 29.4. The van der Waals surface area contributed by atoms with Crippen LogP contribution in [0.25, 0.3) is 0 Å². The molecule has 0 aliphatic heterocycles. The van der Waals surface area contributed by atoms with E-state index in [0.717, 1.165) is 32.1 Å². The largest absolute Gasteiger partial charge is 0.506 e. The van der Waals surface area contributed by atoms with E-state index in [1.54, 1.807) is 11.9 Å². The Labute approximate surface area is 174 Å². The van der Waals surface area contributed by atoms with Crippen LogP contribution in [0.5, 0.6) is 5.75 Å². The monoisotopic (exact) mass is 430 g/mol. The van der Waals surface area contributed by atoms with Gasteiger partial charge in [0.25, 0.3) is 5.91 Å². The number of rotatable bonds is 8. The van der Waals surface area contributed by atoms with E-state index < -0.39 is 18.6 Å². The maximum atomic E-state index is 12.4. The van der Waals surface area contributed by atoms with Crippen LogP contribution < -0.4 is 10.6 Å². The number of hydrogen-bond donors (Lipinski definition) is 3. The van der Waals surface area contributed by atoms with Crippen molar-refractivity contribution in [1.29, 1.82) is 0 Å². The maximum absolute atomic E-state index is 12.4. The molecule has 3 N–H and O–H groups in total. The van der Waals surface area contributed by atoms with Crippen molar-refractivity contribution in [2.24, 2.45) is 5.41 Å². The number of hydrogen-bond acceptors (Lipinski definition) is 5. The molecule has 1 aromatic rings. The molecule has 1 aromatic heterocycles. The van der Waals surface area contributed by atoms with Crippen molar-refractivity contribution in [3.05, 3.63) is 24.0 Å². The predicted octanol–water partition coefficient (Wildman–Crippen LogP) is 2.47. The summed E-state index contributed by atoms with van der Waals surface area (Å²) < 4.78 is 36.3. The van der Waals surface area contributed by atoms with Crippen LogP contribution in [0.2, 0.25) is 0 Å². The van der Waals surface area contributed by atoms with Crippen molar-refractivity contribution in [1.82, 2.24) is 20.5 Å². The highest BCUT2D eigenvalue weighted by molar-refractivity contribution is 5.94. The second-order valence-electron chi connectivity index (χ2n) is 8.27. The van der Waals surface area contributed by atoms with Crippen molar-refractivity contribution < 1.29 is 27.9 Å². The lowest BCUT2D eigenvalue weighted by molar-refractivity contribution is -0.138. The van der Waals surface area contributed by atoms with E-state index in [2.05, 4.69) is 17.2 Å². The molecule has 0 bridgehead atoms. The fraction of sp³-hybridized carbons (Fsp3) is 0.650. The first-order valence-electron chi connectivity index (χ1n) is 9.94. The number of pyridine rings is 1. The lowest BCUT2D eigenvalue weighted by Crippen LogP contribution is -2.44. The predicted molar refractivity (Wildman–Crippen MR) is 105 cm³/mol. The molecule has 30 heavy (non-hydrogen) atoms. The van der Waals surface area contributed by atoms with E-state index in [9.17, 15) is 27.9 Å². The molecular weight excluding hydrogens is 401 g/mol. The zero-order valence-corrected chi connectivity index (χ0v) is 17.3. The minimum Gasteiger partial charge on any atom is -0.506 e. The van der Waals surface area contributed by atoms with Gasteiger partial charge in [0.15, 0.2) is 0 Å². The molecule has 1 aliphatic rings. The Kier molecular flexibility index (Phi) is 8.05. The van der Waals surface area contributed by atoms with Gasteiger partial charge in [-0.1, -0.05) is 6.92 Å². The minimum absolute atomic E-state index is 0.0440. The zero-order chi connectivity index (χ0) is 22.4. The number of amides is 2. The zero-order valence-electron chi connectivity index (χ0n) is 17.3. The van der Waals surface area contributed by atoms with Crippen LogP contribution in [-0.4, -0.2) is 65.7 Å². The second-order valence-corrected chi connectivity index (χ2v) is 8.27. The lowest BCUT2D eigenvalue weighted by atomic mass is 9.72. The van der Waals surface area contributed by atoms with Gasteiger partial charge in [0.2, 0.25) is 5.91 Å². The molecule has 0 radical (unpaired) electrons. The van der Waals surface area contributed by atoms with Gasteiger partial charge in [0, 0.05) is 25.8 Å². The number of alkyl halides is 3. The van der Waals surface area contributed by atoms with Crippen LogP contribution in [0.1, 0.15) is 49.4 Å². The third-order valence-electron chi connectivity index (χ3n) is 5.60. The molecule has 0 aromatic carbocycles. The molecule has 168 valence electrons. The van der Waals surface area contributed by atoms with Gasteiger partial charge < -0.3 is 20.6 Å². The van der Waals surface area contributed by atoms with Gasteiger partial charge in [-0.3, -0.25) is 14.6 Å². The quantitative estimate of drug-likeness (QED) is 0.589.